The molecule has 0 aliphatic rings. The monoisotopic (exact) mass is 822 g/mol. The van der Waals surface area contributed by atoms with Gasteiger partial charge in [-0.3, -0.25) is 0 Å². The smallest absolute Gasteiger partial charge is 0.102 e. The Morgan fingerprint density at radius 3 is 1.11 bits per heavy atom. The van der Waals surface area contributed by atoms with Crippen molar-refractivity contribution >= 4 is 107 Å². The van der Waals surface area contributed by atoms with E-state index in [9.17, 15) is 10.5 Å². The van der Waals surface area contributed by atoms with Gasteiger partial charge in [0.15, 0.2) is 0 Å². The van der Waals surface area contributed by atoms with Crippen LogP contribution in [0.3, 0.4) is 0 Å². The van der Waals surface area contributed by atoms with Crippen molar-refractivity contribution in [2.45, 2.75) is 0 Å². The van der Waals surface area contributed by atoms with E-state index < -0.39 is 0 Å². The minimum atomic E-state index is 0.499. The van der Waals surface area contributed by atoms with Crippen LogP contribution in [0.1, 0.15) is 11.1 Å². The van der Waals surface area contributed by atoms with Crippen LogP contribution in [0.15, 0.2) is 182 Å². The summed E-state index contributed by atoms with van der Waals surface area (Å²) in [7, 11) is 0. The molecular weight excluding hydrogens is 793 g/mol. The molecule has 286 valence electrons. The molecule has 0 spiro atoms. The Balaban J connectivity index is 1.31. The van der Waals surface area contributed by atoms with E-state index in [2.05, 4.69) is 167 Å². The second kappa shape index (κ2) is 13.3. The summed E-state index contributed by atoms with van der Waals surface area (Å²) in [5, 5.41) is 33.2. The molecule has 0 atom stereocenters. The highest BCUT2D eigenvalue weighted by atomic mass is 32.1. The molecule has 0 aliphatic carbocycles. The maximum Gasteiger partial charge on any atom is 0.102 e. The Labute approximate surface area is 363 Å². The number of rotatable bonds is 4. The first-order valence-corrected chi connectivity index (χ1v) is 22.2. The van der Waals surface area contributed by atoms with E-state index >= 15 is 0 Å². The van der Waals surface area contributed by atoms with Crippen LogP contribution in [0.2, 0.25) is 0 Å². The number of benzene rings is 9. The number of fused-ring (bicyclic) bond motifs is 14. The second-order valence-electron chi connectivity index (χ2n) is 15.7. The van der Waals surface area contributed by atoms with Gasteiger partial charge in [0.1, 0.15) is 12.1 Å². The summed E-state index contributed by atoms with van der Waals surface area (Å²) in [6.45, 7) is 0. The number of nitrogens with zero attached hydrogens (tertiary/aromatic N) is 4. The first kappa shape index (κ1) is 34.8. The van der Waals surface area contributed by atoms with Crippen molar-refractivity contribution in [2.24, 2.45) is 0 Å². The van der Waals surface area contributed by atoms with Crippen LogP contribution in [-0.4, -0.2) is 9.13 Å². The molecule has 0 radical (unpaired) electrons. The number of thiophene rings is 2. The summed E-state index contributed by atoms with van der Waals surface area (Å²) in [5.41, 5.74) is 9.54. The Bertz CT molecular complexity index is 3840. The van der Waals surface area contributed by atoms with Crippen molar-refractivity contribution in [1.29, 1.82) is 10.5 Å². The van der Waals surface area contributed by atoms with Crippen LogP contribution in [0, 0.1) is 22.7 Å². The van der Waals surface area contributed by atoms with Crippen molar-refractivity contribution in [3.8, 4) is 45.8 Å². The maximum atomic E-state index is 12.0. The molecule has 0 saturated carbocycles. The van der Waals surface area contributed by atoms with Gasteiger partial charge >= 0.3 is 0 Å². The fourth-order valence-corrected chi connectivity index (χ4v) is 12.6. The molecule has 13 rings (SSSR count). The Kier molecular flexibility index (Phi) is 7.44. The lowest BCUT2D eigenvalue weighted by atomic mass is 9.86. The lowest BCUT2D eigenvalue weighted by Crippen LogP contribution is -2.11. The summed E-state index contributed by atoms with van der Waals surface area (Å²) in [6, 6.07) is 69.1. The lowest BCUT2D eigenvalue weighted by molar-refractivity contribution is 1.13. The van der Waals surface area contributed by atoms with Gasteiger partial charge in [0.2, 0.25) is 0 Å². The SMILES string of the molecule is N#Cc1c(-c2ccccc2)c(-n2c3ccccc3c3ccc4c5ccccc5sc4c32)c(C#N)c(-c2ccccc2)c1-n1c2ccccc2c2ccc3c4ccccc4sc3c21. The van der Waals surface area contributed by atoms with E-state index in [4.69, 9.17) is 0 Å². The van der Waals surface area contributed by atoms with Gasteiger partial charge in [-0.15, -0.1) is 22.7 Å². The lowest BCUT2D eigenvalue weighted by Gasteiger charge is -2.25. The van der Waals surface area contributed by atoms with Gasteiger partial charge in [0.05, 0.1) is 54.0 Å². The fourth-order valence-electron chi connectivity index (χ4n) is 10.1. The molecule has 4 heterocycles. The molecule has 0 amide bonds. The van der Waals surface area contributed by atoms with Crippen LogP contribution in [0.25, 0.3) is 118 Å². The highest BCUT2D eigenvalue weighted by molar-refractivity contribution is 7.27. The molecular formula is C56H30N4S2. The van der Waals surface area contributed by atoms with Crippen molar-refractivity contribution in [1.82, 2.24) is 9.13 Å². The van der Waals surface area contributed by atoms with Crippen LogP contribution < -0.4 is 0 Å². The standard InChI is InChI=1S/C56H30N4S2/c57-31-43-49(33-15-3-1-4-16-33)51(59-45-23-11-7-19-35(45)39-27-29-41-37-21-9-13-25-47(37)61-55(41)53(39)59)44(32-58)50(34-17-5-2-6-18-34)52(43)60-46-24-12-8-20-36(46)40-28-30-42-38-22-10-14-26-48(38)62-56(42)54(40)60/h1-30H. The van der Waals surface area contributed by atoms with Gasteiger partial charge in [-0.2, -0.15) is 10.5 Å². The zero-order valence-electron chi connectivity index (χ0n) is 32.9. The third-order valence-corrected chi connectivity index (χ3v) is 15.0. The molecule has 0 saturated heterocycles. The molecule has 4 nitrogen and oxygen atoms in total. The van der Waals surface area contributed by atoms with E-state index in [1.807, 2.05) is 36.4 Å². The summed E-state index contributed by atoms with van der Waals surface area (Å²) >= 11 is 3.55. The van der Waals surface area contributed by atoms with E-state index in [0.29, 0.717) is 22.5 Å². The number of nitriles is 2. The van der Waals surface area contributed by atoms with Gasteiger partial charge in [-0.25, -0.2) is 0 Å². The Hall–Kier alpha value is -8.00. The van der Waals surface area contributed by atoms with Gasteiger partial charge < -0.3 is 9.13 Å². The number of para-hydroxylation sites is 2. The van der Waals surface area contributed by atoms with Crippen LogP contribution >= 0.6 is 22.7 Å². The van der Waals surface area contributed by atoms with Crippen molar-refractivity contribution in [3.63, 3.8) is 0 Å². The predicted molar refractivity (Wildman–Crippen MR) is 261 cm³/mol. The van der Waals surface area contributed by atoms with Crippen molar-refractivity contribution < 1.29 is 0 Å². The molecule has 0 unspecified atom stereocenters. The molecule has 4 aromatic heterocycles. The minimum Gasteiger partial charge on any atom is -0.306 e. The molecule has 62 heavy (non-hydrogen) atoms. The molecule has 0 N–H and O–H groups in total. The second-order valence-corrected chi connectivity index (χ2v) is 17.8. The maximum absolute atomic E-state index is 12.0. The van der Waals surface area contributed by atoms with E-state index in [1.54, 1.807) is 22.7 Å². The number of hydrogen-bond acceptors (Lipinski definition) is 4. The Morgan fingerprint density at radius 2 is 0.694 bits per heavy atom. The molecule has 0 bridgehead atoms. The van der Waals surface area contributed by atoms with E-state index in [-0.39, 0.29) is 0 Å². The van der Waals surface area contributed by atoms with Gasteiger partial charge in [-0.05, 0) is 35.4 Å². The van der Waals surface area contributed by atoms with Crippen LogP contribution in [-0.2, 0) is 0 Å². The number of aromatic nitrogens is 2. The first-order chi connectivity index (χ1) is 30.7. The quantitative estimate of drug-likeness (QED) is 0.178. The highest BCUT2D eigenvalue weighted by Crippen LogP contribution is 2.51. The predicted octanol–water partition coefficient (Wildman–Crippen LogP) is 15.7. The van der Waals surface area contributed by atoms with Crippen LogP contribution in [0.5, 0.6) is 0 Å². The molecule has 0 aliphatic heterocycles. The summed E-state index contributed by atoms with van der Waals surface area (Å²) < 4.78 is 9.29. The fraction of sp³-hybridized carbons (Fsp3) is 0. The van der Waals surface area contributed by atoms with Crippen molar-refractivity contribution in [3.05, 3.63) is 193 Å². The average molecular weight is 823 g/mol. The topological polar surface area (TPSA) is 57.4 Å². The number of hydrogen-bond donors (Lipinski definition) is 0. The minimum absolute atomic E-state index is 0.499. The molecule has 6 heteroatoms. The molecule has 9 aromatic carbocycles. The summed E-state index contributed by atoms with van der Waals surface area (Å²) in [6.07, 6.45) is 0. The van der Waals surface area contributed by atoms with Gasteiger partial charge in [-0.1, -0.05) is 158 Å². The first-order valence-electron chi connectivity index (χ1n) is 20.6. The zero-order valence-corrected chi connectivity index (χ0v) is 34.6. The van der Waals surface area contributed by atoms with Gasteiger partial charge in [0.25, 0.3) is 0 Å². The van der Waals surface area contributed by atoms with Gasteiger partial charge in [0, 0.05) is 63.6 Å². The highest BCUT2D eigenvalue weighted by Gasteiger charge is 2.32. The molecule has 13 aromatic rings. The largest absolute Gasteiger partial charge is 0.306 e. The van der Waals surface area contributed by atoms with E-state index in [1.165, 1.54) is 30.9 Å². The average Bonchev–Trinajstić information content (AvgIpc) is 4.09. The normalized spacial score (nSPS) is 11.8. The Morgan fingerprint density at radius 1 is 0.339 bits per heavy atom. The van der Waals surface area contributed by atoms with Crippen LogP contribution in [0.4, 0.5) is 0 Å². The summed E-state index contributed by atoms with van der Waals surface area (Å²) in [4.78, 5) is 0. The van der Waals surface area contributed by atoms with Crippen molar-refractivity contribution in [2.75, 3.05) is 0 Å². The molecule has 0 fully saturated rings. The van der Waals surface area contributed by atoms with E-state index in [0.717, 1.165) is 75.3 Å². The third kappa shape index (κ3) is 4.68. The zero-order chi connectivity index (χ0) is 41.1. The third-order valence-electron chi connectivity index (χ3n) is 12.6. The summed E-state index contributed by atoms with van der Waals surface area (Å²) in [5.74, 6) is 0.